The van der Waals surface area contributed by atoms with E-state index in [0.717, 1.165) is 5.56 Å². The van der Waals surface area contributed by atoms with Gasteiger partial charge in [-0.2, -0.15) is 0 Å². The average molecular weight is 470 g/mol. The first-order valence-corrected chi connectivity index (χ1v) is 11.3. The van der Waals surface area contributed by atoms with Crippen molar-refractivity contribution in [1.29, 1.82) is 0 Å². The van der Waals surface area contributed by atoms with Gasteiger partial charge >= 0.3 is 0 Å². The minimum absolute atomic E-state index is 0.155. The number of halogens is 1. The molecule has 2 aromatic carbocycles. The summed E-state index contributed by atoms with van der Waals surface area (Å²) in [4.78, 5) is 25.0. The molecule has 3 rings (SSSR count). The standard InChI is InChI=1S/C23H24ClN5O2S/c1-4-13-29-21(16(3)25-22(31)19-8-6-5-7-15(19)2)27-28-23(29)32-14-20(30)26-18-11-9-17(24)10-12-18/h4-12,16H,1,13-14H2,2-3H3,(H,25,31)(H,26,30)/t16-/m0/s1. The molecule has 2 amide bonds. The smallest absolute Gasteiger partial charge is 0.252 e. The topological polar surface area (TPSA) is 88.9 Å². The number of rotatable bonds is 9. The first-order valence-electron chi connectivity index (χ1n) is 9.97. The number of aryl methyl sites for hydroxylation is 1. The number of hydrogen-bond acceptors (Lipinski definition) is 5. The Bertz CT molecular complexity index is 1110. The van der Waals surface area contributed by atoms with Gasteiger partial charge in [-0.1, -0.05) is 47.6 Å². The van der Waals surface area contributed by atoms with E-state index in [2.05, 4.69) is 27.4 Å². The Morgan fingerprint density at radius 2 is 1.91 bits per heavy atom. The summed E-state index contributed by atoms with van der Waals surface area (Å²) in [5.74, 6) is 0.391. The van der Waals surface area contributed by atoms with E-state index in [1.807, 2.05) is 36.6 Å². The lowest BCUT2D eigenvalue weighted by molar-refractivity contribution is -0.113. The molecule has 3 aromatic rings. The summed E-state index contributed by atoms with van der Waals surface area (Å²) < 4.78 is 1.84. The van der Waals surface area contributed by atoms with Gasteiger partial charge in [0, 0.05) is 22.8 Å². The number of carbonyl (C=O) groups is 2. The number of anilines is 1. The molecule has 0 aliphatic rings. The predicted molar refractivity (Wildman–Crippen MR) is 128 cm³/mol. The molecule has 0 aliphatic carbocycles. The van der Waals surface area contributed by atoms with E-state index in [0.29, 0.717) is 33.8 Å². The second kappa shape index (κ2) is 11.0. The zero-order chi connectivity index (χ0) is 23.1. The maximum absolute atomic E-state index is 12.7. The first-order chi connectivity index (χ1) is 15.4. The summed E-state index contributed by atoms with van der Waals surface area (Å²) >= 11 is 7.13. The molecule has 1 atom stereocenters. The molecule has 1 heterocycles. The fourth-order valence-electron chi connectivity index (χ4n) is 3.05. The zero-order valence-electron chi connectivity index (χ0n) is 17.8. The Balaban J connectivity index is 1.67. The van der Waals surface area contributed by atoms with Crippen molar-refractivity contribution < 1.29 is 9.59 Å². The Kier molecular flexibility index (Phi) is 8.08. The minimum atomic E-state index is -0.383. The molecule has 1 aromatic heterocycles. The predicted octanol–water partition coefficient (Wildman–Crippen LogP) is 4.65. The lowest BCUT2D eigenvalue weighted by Gasteiger charge is -2.16. The van der Waals surface area contributed by atoms with Crippen molar-refractivity contribution in [3.8, 4) is 0 Å². The van der Waals surface area contributed by atoms with Gasteiger partial charge in [0.05, 0.1) is 11.8 Å². The van der Waals surface area contributed by atoms with Crippen LogP contribution in [0.1, 0.15) is 34.7 Å². The highest BCUT2D eigenvalue weighted by atomic mass is 35.5. The molecular weight excluding hydrogens is 446 g/mol. The van der Waals surface area contributed by atoms with Crippen LogP contribution in [0.15, 0.2) is 66.3 Å². The maximum Gasteiger partial charge on any atom is 0.252 e. The Labute approximate surface area is 196 Å². The van der Waals surface area contributed by atoms with E-state index in [4.69, 9.17) is 11.6 Å². The van der Waals surface area contributed by atoms with Crippen LogP contribution in [0, 0.1) is 6.92 Å². The molecule has 0 fully saturated rings. The number of hydrogen-bond donors (Lipinski definition) is 2. The molecule has 2 N–H and O–H groups in total. The summed E-state index contributed by atoms with van der Waals surface area (Å²) in [7, 11) is 0. The van der Waals surface area contributed by atoms with Gasteiger partial charge in [0.25, 0.3) is 5.91 Å². The van der Waals surface area contributed by atoms with E-state index in [9.17, 15) is 9.59 Å². The summed E-state index contributed by atoms with van der Waals surface area (Å²) in [5, 5.41) is 15.4. The van der Waals surface area contributed by atoms with E-state index in [1.54, 1.807) is 36.4 Å². The van der Waals surface area contributed by atoms with E-state index >= 15 is 0 Å². The average Bonchev–Trinajstić information content (AvgIpc) is 3.17. The normalized spacial score (nSPS) is 11.6. The van der Waals surface area contributed by atoms with Crippen molar-refractivity contribution in [3.05, 3.63) is 83.2 Å². The van der Waals surface area contributed by atoms with Crippen LogP contribution >= 0.6 is 23.4 Å². The van der Waals surface area contributed by atoms with E-state index in [1.165, 1.54) is 11.8 Å². The number of amides is 2. The number of aromatic nitrogens is 3. The second-order valence-electron chi connectivity index (χ2n) is 7.09. The zero-order valence-corrected chi connectivity index (χ0v) is 19.4. The van der Waals surface area contributed by atoms with Crippen molar-refractivity contribution in [3.63, 3.8) is 0 Å². The fraction of sp³-hybridized carbons (Fsp3) is 0.217. The third-order valence-electron chi connectivity index (χ3n) is 4.64. The number of thioether (sulfide) groups is 1. The SMILES string of the molecule is C=CCn1c(SCC(=O)Nc2ccc(Cl)cc2)nnc1[C@H](C)NC(=O)c1ccccc1C. The van der Waals surface area contributed by atoms with Crippen LogP contribution in [0.25, 0.3) is 0 Å². The summed E-state index contributed by atoms with van der Waals surface area (Å²) in [5.41, 5.74) is 2.18. The molecule has 0 saturated heterocycles. The van der Waals surface area contributed by atoms with Crippen LogP contribution in [0.4, 0.5) is 5.69 Å². The molecule has 0 aliphatic heterocycles. The molecule has 0 radical (unpaired) electrons. The second-order valence-corrected chi connectivity index (χ2v) is 8.47. The van der Waals surface area contributed by atoms with Crippen molar-refractivity contribution in [2.45, 2.75) is 31.6 Å². The van der Waals surface area contributed by atoms with Gasteiger partial charge in [-0.25, -0.2) is 0 Å². The minimum Gasteiger partial charge on any atom is -0.342 e. The molecule has 0 unspecified atom stereocenters. The molecule has 7 nitrogen and oxygen atoms in total. The number of carbonyl (C=O) groups excluding carboxylic acids is 2. The van der Waals surface area contributed by atoms with Crippen molar-refractivity contribution in [2.24, 2.45) is 0 Å². The Morgan fingerprint density at radius 3 is 2.59 bits per heavy atom. The molecule has 32 heavy (non-hydrogen) atoms. The van der Waals surface area contributed by atoms with Gasteiger partial charge < -0.3 is 15.2 Å². The van der Waals surface area contributed by atoms with Crippen LogP contribution in [0.3, 0.4) is 0 Å². The highest BCUT2D eigenvalue weighted by Crippen LogP contribution is 2.22. The van der Waals surface area contributed by atoms with Crippen molar-refractivity contribution in [1.82, 2.24) is 20.1 Å². The van der Waals surface area contributed by atoms with Crippen molar-refractivity contribution in [2.75, 3.05) is 11.1 Å². The van der Waals surface area contributed by atoms with Crippen LogP contribution in [0.2, 0.25) is 5.02 Å². The van der Waals surface area contributed by atoms with Gasteiger partial charge in [0.2, 0.25) is 5.91 Å². The van der Waals surface area contributed by atoms with Gasteiger partial charge in [-0.3, -0.25) is 9.59 Å². The van der Waals surface area contributed by atoms with Gasteiger partial charge in [0.15, 0.2) is 11.0 Å². The molecule has 9 heteroatoms. The van der Waals surface area contributed by atoms with Gasteiger partial charge in [-0.15, -0.1) is 16.8 Å². The van der Waals surface area contributed by atoms with Crippen LogP contribution < -0.4 is 10.6 Å². The third-order valence-corrected chi connectivity index (χ3v) is 5.86. The number of nitrogens with zero attached hydrogens (tertiary/aromatic N) is 3. The summed E-state index contributed by atoms with van der Waals surface area (Å²) in [6.07, 6.45) is 1.72. The maximum atomic E-state index is 12.7. The largest absolute Gasteiger partial charge is 0.342 e. The number of allylic oxidation sites excluding steroid dienone is 1. The van der Waals surface area contributed by atoms with Gasteiger partial charge in [-0.05, 0) is 49.7 Å². The van der Waals surface area contributed by atoms with E-state index < -0.39 is 0 Å². The van der Waals surface area contributed by atoms with Crippen LogP contribution in [0.5, 0.6) is 0 Å². The third kappa shape index (κ3) is 5.99. The van der Waals surface area contributed by atoms with Crippen LogP contribution in [-0.4, -0.2) is 32.3 Å². The highest BCUT2D eigenvalue weighted by molar-refractivity contribution is 7.99. The molecule has 0 bridgehead atoms. The fourth-order valence-corrected chi connectivity index (χ4v) is 3.94. The lowest BCUT2D eigenvalue weighted by Crippen LogP contribution is -2.29. The van der Waals surface area contributed by atoms with Gasteiger partial charge in [0.1, 0.15) is 0 Å². The van der Waals surface area contributed by atoms with E-state index in [-0.39, 0.29) is 23.6 Å². The van der Waals surface area contributed by atoms with Crippen molar-refractivity contribution >= 4 is 40.9 Å². The number of benzene rings is 2. The van der Waals surface area contributed by atoms with Crippen LogP contribution in [-0.2, 0) is 11.3 Å². The molecule has 0 saturated carbocycles. The summed E-state index contributed by atoms with van der Waals surface area (Å²) in [6, 6.07) is 13.9. The molecule has 0 spiro atoms. The number of nitrogens with one attached hydrogen (secondary N) is 2. The Morgan fingerprint density at radius 1 is 1.19 bits per heavy atom. The lowest BCUT2D eigenvalue weighted by atomic mass is 10.1. The molecule has 166 valence electrons. The first kappa shape index (κ1) is 23.6. The monoisotopic (exact) mass is 469 g/mol. The quantitative estimate of drug-likeness (QED) is 0.352. The summed E-state index contributed by atoms with van der Waals surface area (Å²) in [6.45, 7) is 7.99. The highest BCUT2D eigenvalue weighted by Gasteiger charge is 2.21. The Hall–Kier alpha value is -3.10. The molecular formula is C23H24ClN5O2S.